The van der Waals surface area contributed by atoms with Crippen LogP contribution in [0.2, 0.25) is 5.02 Å². The zero-order chi connectivity index (χ0) is 15.3. The van der Waals surface area contributed by atoms with E-state index < -0.39 is 4.92 Å². The van der Waals surface area contributed by atoms with Crippen molar-refractivity contribution in [2.75, 3.05) is 34.2 Å². The second-order valence-corrected chi connectivity index (χ2v) is 5.16. The molecule has 1 aromatic carbocycles. The van der Waals surface area contributed by atoms with Crippen molar-refractivity contribution in [3.8, 4) is 0 Å². The number of carbonyl (C=O) groups is 1. The van der Waals surface area contributed by atoms with Crippen LogP contribution in [0.3, 0.4) is 0 Å². The van der Waals surface area contributed by atoms with Crippen LogP contribution in [-0.2, 0) is 0 Å². The second-order valence-electron chi connectivity index (χ2n) is 4.78. The monoisotopic (exact) mass is 299 g/mol. The smallest absolute Gasteiger partial charge is 0.288 e. The normalized spacial score (nSPS) is 10.7. The Morgan fingerprint density at radius 3 is 2.50 bits per heavy atom. The van der Waals surface area contributed by atoms with E-state index in [0.717, 1.165) is 13.0 Å². The molecule has 0 saturated carbocycles. The number of nitro groups is 1. The molecule has 0 aliphatic rings. The molecular formula is C13H18ClN3O3. The molecule has 0 spiro atoms. The summed E-state index contributed by atoms with van der Waals surface area (Å²) in [5.41, 5.74) is -0.0903. The van der Waals surface area contributed by atoms with E-state index >= 15 is 0 Å². The van der Waals surface area contributed by atoms with E-state index in [9.17, 15) is 14.9 Å². The molecule has 0 atom stereocenters. The van der Waals surface area contributed by atoms with Crippen LogP contribution in [0, 0.1) is 10.1 Å². The summed E-state index contributed by atoms with van der Waals surface area (Å²) >= 11 is 5.93. The fourth-order valence-electron chi connectivity index (χ4n) is 1.76. The molecular weight excluding hydrogens is 282 g/mol. The molecule has 0 unspecified atom stereocenters. The lowest BCUT2D eigenvalue weighted by Gasteiger charge is -2.19. The van der Waals surface area contributed by atoms with Crippen LogP contribution in [-0.4, -0.2) is 54.9 Å². The van der Waals surface area contributed by atoms with Crippen molar-refractivity contribution >= 4 is 23.2 Å². The largest absolute Gasteiger partial charge is 0.342 e. The predicted molar refractivity (Wildman–Crippen MR) is 78.2 cm³/mol. The number of hydrogen-bond donors (Lipinski definition) is 0. The van der Waals surface area contributed by atoms with Gasteiger partial charge in [-0.05, 0) is 33.1 Å². The first-order valence-corrected chi connectivity index (χ1v) is 6.55. The van der Waals surface area contributed by atoms with Gasteiger partial charge < -0.3 is 9.80 Å². The van der Waals surface area contributed by atoms with Crippen molar-refractivity contribution in [2.45, 2.75) is 6.42 Å². The molecule has 6 nitrogen and oxygen atoms in total. The quantitative estimate of drug-likeness (QED) is 0.597. The Morgan fingerprint density at radius 1 is 1.30 bits per heavy atom. The SMILES string of the molecule is CN(C)CCCN(C)C(=O)c1cccc([N+](=O)[O-])c1Cl. The Bertz CT molecular complexity index is 506. The zero-order valence-corrected chi connectivity index (χ0v) is 12.6. The maximum Gasteiger partial charge on any atom is 0.288 e. The lowest BCUT2D eigenvalue weighted by Crippen LogP contribution is -2.30. The first-order valence-electron chi connectivity index (χ1n) is 6.17. The lowest BCUT2D eigenvalue weighted by molar-refractivity contribution is -0.384. The van der Waals surface area contributed by atoms with Gasteiger partial charge in [0.15, 0.2) is 0 Å². The summed E-state index contributed by atoms with van der Waals surface area (Å²) in [6.45, 7) is 1.43. The lowest BCUT2D eigenvalue weighted by atomic mass is 10.1. The molecule has 1 aromatic rings. The summed E-state index contributed by atoms with van der Waals surface area (Å²) in [6, 6.07) is 4.25. The Kier molecular flexibility index (Phi) is 5.91. The van der Waals surface area contributed by atoms with Crippen LogP contribution < -0.4 is 0 Å². The highest BCUT2D eigenvalue weighted by molar-refractivity contribution is 6.35. The van der Waals surface area contributed by atoms with Gasteiger partial charge in [0, 0.05) is 19.7 Å². The van der Waals surface area contributed by atoms with Gasteiger partial charge in [-0.15, -0.1) is 0 Å². The van der Waals surface area contributed by atoms with Crippen molar-refractivity contribution in [3.05, 3.63) is 38.9 Å². The summed E-state index contributed by atoms with van der Waals surface area (Å²) in [5, 5.41) is 10.7. The van der Waals surface area contributed by atoms with E-state index in [-0.39, 0.29) is 22.2 Å². The molecule has 0 saturated heterocycles. The minimum Gasteiger partial charge on any atom is -0.342 e. The molecule has 110 valence electrons. The average molecular weight is 300 g/mol. The first-order chi connectivity index (χ1) is 9.34. The van der Waals surface area contributed by atoms with Crippen LogP contribution in [0.1, 0.15) is 16.8 Å². The maximum atomic E-state index is 12.2. The third-order valence-electron chi connectivity index (χ3n) is 2.85. The molecule has 0 N–H and O–H groups in total. The molecule has 0 aromatic heterocycles. The van der Waals surface area contributed by atoms with E-state index in [0.29, 0.717) is 6.54 Å². The minimum absolute atomic E-state index is 0.109. The highest BCUT2D eigenvalue weighted by Crippen LogP contribution is 2.28. The van der Waals surface area contributed by atoms with Gasteiger partial charge in [0.1, 0.15) is 5.02 Å². The Labute approximate surface area is 123 Å². The molecule has 0 aliphatic carbocycles. The molecule has 7 heteroatoms. The van der Waals surface area contributed by atoms with E-state index in [1.165, 1.54) is 23.1 Å². The van der Waals surface area contributed by atoms with E-state index in [1.807, 2.05) is 19.0 Å². The van der Waals surface area contributed by atoms with Gasteiger partial charge in [0.2, 0.25) is 0 Å². The third kappa shape index (κ3) is 4.18. The number of amides is 1. The summed E-state index contributed by atoms with van der Waals surface area (Å²) in [4.78, 5) is 26.0. The average Bonchev–Trinajstić information content (AvgIpc) is 2.37. The van der Waals surface area contributed by atoms with Crippen LogP contribution >= 0.6 is 11.6 Å². The van der Waals surface area contributed by atoms with E-state index in [4.69, 9.17) is 11.6 Å². The van der Waals surface area contributed by atoms with Gasteiger partial charge in [-0.1, -0.05) is 17.7 Å². The summed E-state index contributed by atoms with van der Waals surface area (Å²) in [6.07, 6.45) is 0.821. The fraction of sp³-hybridized carbons (Fsp3) is 0.462. The summed E-state index contributed by atoms with van der Waals surface area (Å²) in [5.74, 6) is -0.308. The van der Waals surface area contributed by atoms with E-state index in [2.05, 4.69) is 0 Å². The Balaban J connectivity index is 2.81. The van der Waals surface area contributed by atoms with Crippen molar-refractivity contribution in [3.63, 3.8) is 0 Å². The standard InChI is InChI=1S/C13H18ClN3O3/c1-15(2)8-5-9-16(3)13(18)10-6-4-7-11(12(10)14)17(19)20/h4,6-7H,5,8-9H2,1-3H3. The van der Waals surface area contributed by atoms with Gasteiger partial charge in [-0.2, -0.15) is 0 Å². The molecule has 20 heavy (non-hydrogen) atoms. The third-order valence-corrected chi connectivity index (χ3v) is 3.25. The summed E-state index contributed by atoms with van der Waals surface area (Å²) in [7, 11) is 5.58. The summed E-state index contributed by atoms with van der Waals surface area (Å²) < 4.78 is 0. The Morgan fingerprint density at radius 2 is 1.95 bits per heavy atom. The highest BCUT2D eigenvalue weighted by Gasteiger charge is 2.21. The number of nitrogens with zero attached hydrogens (tertiary/aromatic N) is 3. The second kappa shape index (κ2) is 7.21. The van der Waals surface area contributed by atoms with Gasteiger partial charge in [0.05, 0.1) is 10.5 Å². The molecule has 1 amide bonds. The number of benzene rings is 1. The minimum atomic E-state index is -0.592. The number of carbonyl (C=O) groups excluding carboxylic acids is 1. The van der Waals surface area contributed by atoms with Crippen LogP contribution in [0.25, 0.3) is 0 Å². The zero-order valence-electron chi connectivity index (χ0n) is 11.8. The number of nitro benzene ring substituents is 1. The predicted octanol–water partition coefficient (Wildman–Crippen LogP) is 2.27. The fourth-order valence-corrected chi connectivity index (χ4v) is 2.03. The van der Waals surface area contributed by atoms with Crippen molar-refractivity contribution < 1.29 is 9.72 Å². The number of rotatable bonds is 6. The molecule has 0 bridgehead atoms. The van der Waals surface area contributed by atoms with Crippen LogP contribution in [0.15, 0.2) is 18.2 Å². The van der Waals surface area contributed by atoms with Crippen molar-refractivity contribution in [2.24, 2.45) is 0 Å². The van der Waals surface area contributed by atoms with Crippen molar-refractivity contribution in [1.29, 1.82) is 0 Å². The molecule has 0 fully saturated rings. The molecule has 0 aliphatic heterocycles. The first kappa shape index (κ1) is 16.4. The number of halogens is 1. The van der Waals surface area contributed by atoms with Gasteiger partial charge in [-0.25, -0.2) is 0 Å². The highest BCUT2D eigenvalue weighted by atomic mass is 35.5. The van der Waals surface area contributed by atoms with Gasteiger partial charge >= 0.3 is 0 Å². The van der Waals surface area contributed by atoms with Crippen LogP contribution in [0.5, 0.6) is 0 Å². The van der Waals surface area contributed by atoms with Gasteiger partial charge in [0.25, 0.3) is 11.6 Å². The molecule has 1 rings (SSSR count). The Hall–Kier alpha value is -1.66. The topological polar surface area (TPSA) is 66.7 Å². The molecule has 0 heterocycles. The molecule has 0 radical (unpaired) electrons. The van der Waals surface area contributed by atoms with Gasteiger partial charge in [-0.3, -0.25) is 14.9 Å². The number of hydrogen-bond acceptors (Lipinski definition) is 4. The van der Waals surface area contributed by atoms with E-state index in [1.54, 1.807) is 7.05 Å². The maximum absolute atomic E-state index is 12.2. The van der Waals surface area contributed by atoms with Crippen LogP contribution in [0.4, 0.5) is 5.69 Å². The van der Waals surface area contributed by atoms with Crippen molar-refractivity contribution in [1.82, 2.24) is 9.80 Å².